The number of nitrogens with zero attached hydrogens (tertiary/aromatic N) is 1. The standard InChI is InChI=1S/C11H19BrN2S/c1-9-7-10(15-11(9)12)8-13-5-4-6-14(2)3/h7,13H,4-6,8H2,1-3H3. The van der Waals surface area contributed by atoms with Gasteiger partial charge < -0.3 is 10.2 Å². The highest BCUT2D eigenvalue weighted by atomic mass is 79.9. The molecule has 1 aromatic heterocycles. The summed E-state index contributed by atoms with van der Waals surface area (Å²) in [6.07, 6.45) is 1.21. The van der Waals surface area contributed by atoms with Crippen molar-refractivity contribution in [1.29, 1.82) is 0 Å². The minimum Gasteiger partial charge on any atom is -0.312 e. The van der Waals surface area contributed by atoms with E-state index in [-0.39, 0.29) is 0 Å². The molecule has 0 unspecified atom stereocenters. The van der Waals surface area contributed by atoms with E-state index in [0.717, 1.165) is 19.6 Å². The first-order valence-corrected chi connectivity index (χ1v) is 6.81. The van der Waals surface area contributed by atoms with E-state index >= 15 is 0 Å². The van der Waals surface area contributed by atoms with Crippen LogP contribution in [0.1, 0.15) is 16.9 Å². The van der Waals surface area contributed by atoms with Gasteiger partial charge in [0.2, 0.25) is 0 Å². The molecule has 0 atom stereocenters. The van der Waals surface area contributed by atoms with Crippen molar-refractivity contribution in [2.45, 2.75) is 19.9 Å². The number of aryl methyl sites for hydroxylation is 1. The smallest absolute Gasteiger partial charge is 0.0730 e. The van der Waals surface area contributed by atoms with Crippen LogP contribution in [0, 0.1) is 6.92 Å². The molecule has 1 rings (SSSR count). The molecule has 0 saturated carbocycles. The Labute approximate surface area is 105 Å². The van der Waals surface area contributed by atoms with Gasteiger partial charge in [0.25, 0.3) is 0 Å². The fourth-order valence-electron chi connectivity index (χ4n) is 1.34. The summed E-state index contributed by atoms with van der Waals surface area (Å²) in [4.78, 5) is 3.62. The van der Waals surface area contributed by atoms with Gasteiger partial charge in [0.05, 0.1) is 3.79 Å². The molecule has 1 aromatic rings. The predicted octanol–water partition coefficient (Wildman–Crippen LogP) is 2.86. The topological polar surface area (TPSA) is 15.3 Å². The van der Waals surface area contributed by atoms with Crippen LogP contribution in [0.2, 0.25) is 0 Å². The van der Waals surface area contributed by atoms with Crippen molar-refractivity contribution in [3.05, 3.63) is 20.3 Å². The van der Waals surface area contributed by atoms with Gasteiger partial charge in [-0.25, -0.2) is 0 Å². The first kappa shape index (κ1) is 13.2. The molecule has 4 heteroatoms. The van der Waals surface area contributed by atoms with Gasteiger partial charge in [-0.3, -0.25) is 0 Å². The van der Waals surface area contributed by atoms with Gasteiger partial charge in [0, 0.05) is 11.4 Å². The Hall–Kier alpha value is 0.100. The second-order valence-electron chi connectivity index (χ2n) is 4.00. The van der Waals surface area contributed by atoms with Crippen molar-refractivity contribution in [3.63, 3.8) is 0 Å². The zero-order valence-corrected chi connectivity index (χ0v) is 12.0. The third kappa shape index (κ3) is 5.11. The lowest BCUT2D eigenvalue weighted by molar-refractivity contribution is 0.394. The highest BCUT2D eigenvalue weighted by molar-refractivity contribution is 9.11. The summed E-state index contributed by atoms with van der Waals surface area (Å²) >= 11 is 5.36. The molecule has 0 aliphatic heterocycles. The molecule has 1 N–H and O–H groups in total. The summed E-state index contributed by atoms with van der Waals surface area (Å²) in [7, 11) is 4.22. The second-order valence-corrected chi connectivity index (χ2v) is 6.46. The Morgan fingerprint density at radius 1 is 1.47 bits per heavy atom. The van der Waals surface area contributed by atoms with Crippen LogP contribution in [0.15, 0.2) is 9.85 Å². The Balaban J connectivity index is 2.15. The Kier molecular flexibility index (Phi) is 5.82. The SMILES string of the molecule is Cc1cc(CNCCCN(C)C)sc1Br. The van der Waals surface area contributed by atoms with Crippen LogP contribution in [0.25, 0.3) is 0 Å². The number of hydrogen-bond acceptors (Lipinski definition) is 3. The zero-order valence-electron chi connectivity index (χ0n) is 9.64. The maximum absolute atomic E-state index is 3.54. The van der Waals surface area contributed by atoms with Gasteiger partial charge in [0.15, 0.2) is 0 Å². The van der Waals surface area contributed by atoms with Crippen molar-refractivity contribution in [2.24, 2.45) is 0 Å². The lowest BCUT2D eigenvalue weighted by Crippen LogP contribution is -2.20. The highest BCUT2D eigenvalue weighted by Crippen LogP contribution is 2.26. The summed E-state index contributed by atoms with van der Waals surface area (Å²) in [5.41, 5.74) is 1.34. The summed E-state index contributed by atoms with van der Waals surface area (Å²) in [6.45, 7) is 5.37. The molecule has 15 heavy (non-hydrogen) atoms. The summed E-state index contributed by atoms with van der Waals surface area (Å²) in [5.74, 6) is 0. The second kappa shape index (κ2) is 6.63. The van der Waals surface area contributed by atoms with E-state index in [0.29, 0.717) is 0 Å². The molecular weight excluding hydrogens is 272 g/mol. The number of halogens is 1. The van der Waals surface area contributed by atoms with Gasteiger partial charge in [-0.1, -0.05) is 0 Å². The first-order valence-electron chi connectivity index (χ1n) is 5.20. The van der Waals surface area contributed by atoms with Crippen LogP contribution in [-0.4, -0.2) is 32.1 Å². The van der Waals surface area contributed by atoms with Gasteiger partial charge in [0.1, 0.15) is 0 Å². The third-order valence-corrected chi connectivity index (χ3v) is 4.30. The largest absolute Gasteiger partial charge is 0.312 e. The monoisotopic (exact) mass is 290 g/mol. The summed E-state index contributed by atoms with van der Waals surface area (Å²) < 4.78 is 1.26. The van der Waals surface area contributed by atoms with Crippen molar-refractivity contribution in [2.75, 3.05) is 27.2 Å². The molecule has 0 aromatic carbocycles. The molecule has 2 nitrogen and oxygen atoms in total. The molecule has 0 bridgehead atoms. The molecule has 0 aliphatic rings. The lowest BCUT2D eigenvalue weighted by Gasteiger charge is -2.09. The van der Waals surface area contributed by atoms with Crippen molar-refractivity contribution >= 4 is 27.3 Å². The average molecular weight is 291 g/mol. The number of nitrogens with one attached hydrogen (secondary N) is 1. The quantitative estimate of drug-likeness (QED) is 0.811. The molecule has 1 heterocycles. The van der Waals surface area contributed by atoms with Gasteiger partial charge in [-0.05, 0) is 68.1 Å². The van der Waals surface area contributed by atoms with E-state index in [2.05, 4.69) is 53.2 Å². The molecule has 0 amide bonds. The van der Waals surface area contributed by atoms with E-state index < -0.39 is 0 Å². The minimum absolute atomic E-state index is 0.991. The van der Waals surface area contributed by atoms with Crippen LogP contribution in [0.4, 0.5) is 0 Å². The van der Waals surface area contributed by atoms with E-state index in [1.54, 1.807) is 0 Å². The molecule has 0 radical (unpaired) electrons. The molecule has 0 fully saturated rings. The van der Waals surface area contributed by atoms with E-state index in [1.165, 1.54) is 20.6 Å². The Morgan fingerprint density at radius 2 is 2.20 bits per heavy atom. The summed E-state index contributed by atoms with van der Waals surface area (Å²) in [5, 5.41) is 3.46. The van der Waals surface area contributed by atoms with Gasteiger partial charge in [-0.15, -0.1) is 11.3 Å². The molecule has 0 aliphatic carbocycles. The Bertz CT molecular complexity index is 277. The number of hydrogen-bond donors (Lipinski definition) is 1. The van der Waals surface area contributed by atoms with E-state index in [1.807, 2.05) is 11.3 Å². The van der Waals surface area contributed by atoms with Crippen LogP contribution >= 0.6 is 27.3 Å². The molecule has 0 saturated heterocycles. The normalized spacial score (nSPS) is 11.3. The molecule has 86 valence electrons. The summed E-state index contributed by atoms with van der Waals surface area (Å²) in [6, 6.07) is 2.24. The van der Waals surface area contributed by atoms with Crippen LogP contribution in [0.3, 0.4) is 0 Å². The number of thiophene rings is 1. The van der Waals surface area contributed by atoms with Crippen molar-refractivity contribution in [1.82, 2.24) is 10.2 Å². The maximum atomic E-state index is 3.54. The van der Waals surface area contributed by atoms with Crippen LogP contribution in [-0.2, 0) is 6.54 Å². The van der Waals surface area contributed by atoms with Gasteiger partial charge >= 0.3 is 0 Å². The predicted molar refractivity (Wildman–Crippen MR) is 71.6 cm³/mol. The van der Waals surface area contributed by atoms with E-state index in [9.17, 15) is 0 Å². The fourth-order valence-corrected chi connectivity index (χ4v) is 2.94. The van der Waals surface area contributed by atoms with Gasteiger partial charge in [-0.2, -0.15) is 0 Å². The average Bonchev–Trinajstić information content (AvgIpc) is 2.45. The molecular formula is C11H19BrN2S. The highest BCUT2D eigenvalue weighted by Gasteiger charge is 2.01. The zero-order chi connectivity index (χ0) is 11.3. The Morgan fingerprint density at radius 3 is 2.73 bits per heavy atom. The molecule has 0 spiro atoms. The lowest BCUT2D eigenvalue weighted by atomic mass is 10.3. The van der Waals surface area contributed by atoms with Crippen molar-refractivity contribution in [3.8, 4) is 0 Å². The van der Waals surface area contributed by atoms with Crippen LogP contribution < -0.4 is 5.32 Å². The maximum Gasteiger partial charge on any atom is 0.0730 e. The fraction of sp³-hybridized carbons (Fsp3) is 0.636. The van der Waals surface area contributed by atoms with Crippen molar-refractivity contribution < 1.29 is 0 Å². The first-order chi connectivity index (χ1) is 7.09. The van der Waals surface area contributed by atoms with Crippen LogP contribution in [0.5, 0.6) is 0 Å². The van der Waals surface area contributed by atoms with E-state index in [4.69, 9.17) is 0 Å². The third-order valence-electron chi connectivity index (χ3n) is 2.17. The minimum atomic E-state index is 0.991. The number of rotatable bonds is 6.